The molecule has 2 saturated heterocycles. The van der Waals surface area contributed by atoms with E-state index in [2.05, 4.69) is 32.1 Å². The minimum absolute atomic E-state index is 0.213. The van der Waals surface area contributed by atoms with E-state index in [1.54, 1.807) is 0 Å². The van der Waals surface area contributed by atoms with Crippen LogP contribution in [0.3, 0.4) is 0 Å². The molecule has 0 saturated carbocycles. The fourth-order valence-corrected chi connectivity index (χ4v) is 4.15. The molecule has 0 bridgehead atoms. The van der Waals surface area contributed by atoms with Crippen LogP contribution in [-0.4, -0.2) is 60.0 Å². The van der Waals surface area contributed by atoms with Crippen molar-refractivity contribution < 1.29 is 4.79 Å². The molecule has 1 aromatic heterocycles. The summed E-state index contributed by atoms with van der Waals surface area (Å²) in [7, 11) is 2.17. The Labute approximate surface area is 157 Å². The average molecular weight is 360 g/mol. The van der Waals surface area contributed by atoms with Crippen LogP contribution in [0.4, 0.5) is 5.95 Å². The molecular formula is C20H33N5O. The minimum atomic E-state index is 0.213. The van der Waals surface area contributed by atoms with Gasteiger partial charge in [-0.15, -0.1) is 0 Å². The van der Waals surface area contributed by atoms with Gasteiger partial charge in [0.05, 0.1) is 0 Å². The standard InChI is InChI=1S/C20H33N5O/c1-15-12-16(2)23-20(22-15)25-10-7-17(8-11-25)13-19(26)21-14-18-6-4-5-9-24(18)3/h12,17-18H,4-11,13-14H2,1-3H3,(H,21,26)/t18-/m1/s1. The van der Waals surface area contributed by atoms with E-state index in [1.807, 2.05) is 19.9 Å². The molecule has 2 aliphatic rings. The van der Waals surface area contributed by atoms with Gasteiger partial charge in [-0.25, -0.2) is 9.97 Å². The second-order valence-electron chi connectivity index (χ2n) is 8.02. The first-order chi connectivity index (χ1) is 12.5. The van der Waals surface area contributed by atoms with Gasteiger partial charge in [-0.3, -0.25) is 4.79 Å². The fraction of sp³-hybridized carbons (Fsp3) is 0.750. The summed E-state index contributed by atoms with van der Waals surface area (Å²) in [6.07, 6.45) is 6.48. The van der Waals surface area contributed by atoms with E-state index in [9.17, 15) is 4.79 Å². The predicted molar refractivity (Wildman–Crippen MR) is 104 cm³/mol. The third kappa shape index (κ3) is 5.16. The summed E-state index contributed by atoms with van der Waals surface area (Å²) < 4.78 is 0. The van der Waals surface area contributed by atoms with E-state index < -0.39 is 0 Å². The van der Waals surface area contributed by atoms with Gasteiger partial charge in [0.25, 0.3) is 0 Å². The van der Waals surface area contributed by atoms with Gasteiger partial charge >= 0.3 is 0 Å². The van der Waals surface area contributed by atoms with Crippen molar-refractivity contribution in [2.75, 3.05) is 38.1 Å². The number of nitrogens with zero attached hydrogens (tertiary/aromatic N) is 4. The first kappa shape index (κ1) is 19.1. The molecule has 0 spiro atoms. The Balaban J connectivity index is 1.41. The van der Waals surface area contributed by atoms with Crippen LogP contribution in [-0.2, 0) is 4.79 Å². The molecular weight excluding hydrogens is 326 g/mol. The molecule has 3 rings (SSSR count). The summed E-state index contributed by atoms with van der Waals surface area (Å²) in [5, 5.41) is 3.17. The molecule has 144 valence electrons. The monoisotopic (exact) mass is 359 g/mol. The first-order valence-corrected chi connectivity index (χ1v) is 10.1. The number of anilines is 1. The molecule has 1 N–H and O–H groups in total. The Bertz CT molecular complexity index is 592. The van der Waals surface area contributed by atoms with Gasteiger partial charge in [-0.05, 0) is 65.1 Å². The van der Waals surface area contributed by atoms with Gasteiger partial charge in [0.2, 0.25) is 11.9 Å². The zero-order valence-corrected chi connectivity index (χ0v) is 16.5. The molecule has 1 atom stereocenters. The van der Waals surface area contributed by atoms with Gasteiger partial charge in [0.1, 0.15) is 0 Å². The number of hydrogen-bond donors (Lipinski definition) is 1. The van der Waals surface area contributed by atoms with Crippen LogP contribution < -0.4 is 10.2 Å². The summed E-state index contributed by atoms with van der Waals surface area (Å²) in [5.74, 6) is 1.53. The van der Waals surface area contributed by atoms with Crippen molar-refractivity contribution >= 4 is 11.9 Å². The summed E-state index contributed by atoms with van der Waals surface area (Å²) in [6, 6.07) is 2.51. The molecule has 2 fully saturated rings. The third-order valence-corrected chi connectivity index (χ3v) is 5.80. The van der Waals surface area contributed by atoms with Crippen LogP contribution in [0.25, 0.3) is 0 Å². The lowest BCUT2D eigenvalue weighted by Crippen LogP contribution is -2.45. The van der Waals surface area contributed by atoms with Crippen molar-refractivity contribution in [3.63, 3.8) is 0 Å². The van der Waals surface area contributed by atoms with Crippen LogP contribution in [0.2, 0.25) is 0 Å². The van der Waals surface area contributed by atoms with Crippen LogP contribution in [0.1, 0.15) is 49.9 Å². The van der Waals surface area contributed by atoms with Gasteiger partial charge in [-0.2, -0.15) is 0 Å². The second kappa shape index (κ2) is 8.80. The first-order valence-electron chi connectivity index (χ1n) is 10.1. The van der Waals surface area contributed by atoms with E-state index >= 15 is 0 Å². The Hall–Kier alpha value is -1.69. The number of likely N-dealkylation sites (tertiary alicyclic amines) is 1. The molecule has 26 heavy (non-hydrogen) atoms. The number of rotatable bonds is 5. The van der Waals surface area contributed by atoms with E-state index in [0.717, 1.165) is 56.4 Å². The maximum Gasteiger partial charge on any atom is 0.225 e. The maximum absolute atomic E-state index is 12.3. The topological polar surface area (TPSA) is 61.4 Å². The SMILES string of the molecule is Cc1cc(C)nc(N2CCC(CC(=O)NC[C@H]3CCCCN3C)CC2)n1. The highest BCUT2D eigenvalue weighted by Crippen LogP contribution is 2.23. The van der Waals surface area contributed by atoms with E-state index in [-0.39, 0.29) is 5.91 Å². The molecule has 2 aliphatic heterocycles. The highest BCUT2D eigenvalue weighted by atomic mass is 16.1. The van der Waals surface area contributed by atoms with Crippen LogP contribution >= 0.6 is 0 Å². The maximum atomic E-state index is 12.3. The minimum Gasteiger partial charge on any atom is -0.355 e. The number of hydrogen-bond acceptors (Lipinski definition) is 5. The molecule has 6 heteroatoms. The number of carbonyl (C=O) groups excluding carboxylic acids is 1. The molecule has 0 unspecified atom stereocenters. The number of likely N-dealkylation sites (N-methyl/N-ethyl adjacent to an activating group) is 1. The van der Waals surface area contributed by atoms with Crippen LogP contribution in [0, 0.1) is 19.8 Å². The predicted octanol–water partition coefficient (Wildman–Crippen LogP) is 2.30. The number of carbonyl (C=O) groups is 1. The van der Waals surface area contributed by atoms with Crippen molar-refractivity contribution in [2.45, 2.75) is 58.4 Å². The Morgan fingerprint density at radius 3 is 2.46 bits per heavy atom. The summed E-state index contributed by atoms with van der Waals surface area (Å²) in [4.78, 5) is 26.1. The van der Waals surface area contributed by atoms with Crippen molar-refractivity contribution in [3.8, 4) is 0 Å². The molecule has 0 aromatic carbocycles. The van der Waals surface area contributed by atoms with Gasteiger partial charge in [0.15, 0.2) is 0 Å². The Morgan fingerprint density at radius 1 is 1.12 bits per heavy atom. The van der Waals surface area contributed by atoms with Crippen molar-refractivity contribution in [1.82, 2.24) is 20.2 Å². The number of aryl methyl sites for hydroxylation is 2. The Morgan fingerprint density at radius 2 is 1.81 bits per heavy atom. The highest BCUT2D eigenvalue weighted by Gasteiger charge is 2.24. The molecule has 0 radical (unpaired) electrons. The zero-order chi connectivity index (χ0) is 18.5. The third-order valence-electron chi connectivity index (χ3n) is 5.80. The molecule has 1 aromatic rings. The van der Waals surface area contributed by atoms with Gasteiger partial charge in [0, 0.05) is 43.5 Å². The number of piperidine rings is 2. The van der Waals surface area contributed by atoms with E-state index in [1.165, 1.54) is 19.3 Å². The molecule has 0 aliphatic carbocycles. The quantitative estimate of drug-likeness (QED) is 0.874. The van der Waals surface area contributed by atoms with Crippen molar-refractivity contribution in [3.05, 3.63) is 17.5 Å². The summed E-state index contributed by atoms with van der Waals surface area (Å²) >= 11 is 0. The number of nitrogens with one attached hydrogen (secondary N) is 1. The van der Waals surface area contributed by atoms with E-state index in [0.29, 0.717) is 18.4 Å². The molecule has 3 heterocycles. The van der Waals surface area contributed by atoms with Crippen LogP contribution in [0.5, 0.6) is 0 Å². The molecule has 1 amide bonds. The largest absolute Gasteiger partial charge is 0.355 e. The Kier molecular flexibility index (Phi) is 6.46. The smallest absolute Gasteiger partial charge is 0.225 e. The fourth-order valence-electron chi connectivity index (χ4n) is 4.15. The molecule has 6 nitrogen and oxygen atoms in total. The van der Waals surface area contributed by atoms with Crippen LogP contribution in [0.15, 0.2) is 6.07 Å². The average Bonchev–Trinajstić information content (AvgIpc) is 2.61. The normalized spacial score (nSPS) is 22.4. The second-order valence-corrected chi connectivity index (χ2v) is 8.02. The lowest BCUT2D eigenvalue weighted by Gasteiger charge is -2.33. The zero-order valence-electron chi connectivity index (χ0n) is 16.5. The summed E-state index contributed by atoms with van der Waals surface area (Å²) in [6.45, 7) is 7.85. The van der Waals surface area contributed by atoms with Crippen molar-refractivity contribution in [2.24, 2.45) is 5.92 Å². The van der Waals surface area contributed by atoms with Gasteiger partial charge < -0.3 is 15.1 Å². The van der Waals surface area contributed by atoms with E-state index in [4.69, 9.17) is 0 Å². The number of aromatic nitrogens is 2. The summed E-state index contributed by atoms with van der Waals surface area (Å²) in [5.41, 5.74) is 2.03. The van der Waals surface area contributed by atoms with Gasteiger partial charge in [-0.1, -0.05) is 6.42 Å². The lowest BCUT2D eigenvalue weighted by atomic mass is 9.93. The van der Waals surface area contributed by atoms with Crippen molar-refractivity contribution in [1.29, 1.82) is 0 Å². The highest BCUT2D eigenvalue weighted by molar-refractivity contribution is 5.76. The lowest BCUT2D eigenvalue weighted by molar-refractivity contribution is -0.122. The number of amides is 1.